The number of fused-ring (bicyclic) bond motifs is 3. The van der Waals surface area contributed by atoms with Gasteiger partial charge in [0, 0.05) is 11.6 Å². The highest BCUT2D eigenvalue weighted by atomic mass is 16.5. The van der Waals surface area contributed by atoms with Gasteiger partial charge < -0.3 is 9.64 Å². The monoisotopic (exact) mass is 349 g/mol. The van der Waals surface area contributed by atoms with Gasteiger partial charge in [0.05, 0.1) is 13.7 Å². The molecule has 0 aromatic heterocycles. The summed E-state index contributed by atoms with van der Waals surface area (Å²) in [6, 6.07) is 17.9. The average Bonchev–Trinajstić information content (AvgIpc) is 2.71. The normalized spacial score (nSPS) is 24.6. The van der Waals surface area contributed by atoms with E-state index in [2.05, 4.69) is 6.07 Å². The number of anilines is 1. The van der Waals surface area contributed by atoms with Crippen LogP contribution in [-0.2, 0) is 20.9 Å². The number of benzene rings is 2. The maximum Gasteiger partial charge on any atom is 0.322 e. The summed E-state index contributed by atoms with van der Waals surface area (Å²) >= 11 is 0. The third kappa shape index (κ3) is 2.44. The summed E-state index contributed by atoms with van der Waals surface area (Å²) in [7, 11) is 1.39. The van der Waals surface area contributed by atoms with Crippen LogP contribution in [0.2, 0.25) is 0 Å². The first-order chi connectivity index (χ1) is 12.7. The summed E-state index contributed by atoms with van der Waals surface area (Å²) < 4.78 is 5.15. The van der Waals surface area contributed by atoms with E-state index in [-0.39, 0.29) is 17.8 Å². The predicted molar refractivity (Wildman–Crippen MR) is 99.7 cm³/mol. The Morgan fingerprint density at radius 1 is 1.12 bits per heavy atom. The van der Waals surface area contributed by atoms with Crippen LogP contribution in [0.15, 0.2) is 54.6 Å². The van der Waals surface area contributed by atoms with Crippen molar-refractivity contribution in [1.82, 2.24) is 0 Å². The Labute approximate surface area is 153 Å². The third-order valence-electron chi connectivity index (χ3n) is 5.87. The second-order valence-electron chi connectivity index (χ2n) is 7.20. The molecule has 2 aromatic rings. The molecule has 1 aliphatic carbocycles. The molecule has 0 saturated heterocycles. The largest absolute Gasteiger partial charge is 0.468 e. The van der Waals surface area contributed by atoms with Gasteiger partial charge >= 0.3 is 5.97 Å². The van der Waals surface area contributed by atoms with Crippen molar-refractivity contribution in [2.24, 2.45) is 5.41 Å². The molecule has 2 aliphatic rings. The van der Waals surface area contributed by atoms with Gasteiger partial charge in [-0.2, -0.15) is 0 Å². The number of para-hydroxylation sites is 1. The molecule has 0 unspecified atom stereocenters. The topological polar surface area (TPSA) is 46.6 Å². The van der Waals surface area contributed by atoms with Crippen molar-refractivity contribution in [3.8, 4) is 0 Å². The van der Waals surface area contributed by atoms with E-state index in [1.807, 2.05) is 48.5 Å². The van der Waals surface area contributed by atoms with Crippen LogP contribution < -0.4 is 4.90 Å². The fourth-order valence-corrected chi connectivity index (χ4v) is 4.66. The van der Waals surface area contributed by atoms with Crippen LogP contribution in [0.1, 0.15) is 42.7 Å². The molecule has 1 fully saturated rings. The Bertz CT molecular complexity index is 832. The van der Waals surface area contributed by atoms with Gasteiger partial charge in [0.1, 0.15) is 0 Å². The molecule has 0 radical (unpaired) electrons. The number of carbonyl (C=O) groups excluding carboxylic acids is 2. The molecular weight excluding hydrogens is 326 g/mol. The minimum atomic E-state index is -1.09. The number of carbonyl (C=O) groups is 2. The first-order valence-electron chi connectivity index (χ1n) is 9.21. The van der Waals surface area contributed by atoms with Crippen molar-refractivity contribution in [2.75, 3.05) is 12.0 Å². The van der Waals surface area contributed by atoms with Gasteiger partial charge in [-0.15, -0.1) is 0 Å². The molecule has 2 atom stereocenters. The number of ether oxygens (including phenoxy) is 1. The SMILES string of the molecule is COC(=O)[C@]12CCCC[C@H]1c1ccccc1N(Cc1ccccc1)C2=O. The molecule has 4 rings (SSSR count). The van der Waals surface area contributed by atoms with Crippen LogP contribution in [0.4, 0.5) is 5.69 Å². The number of hydrogen-bond acceptors (Lipinski definition) is 3. The Hall–Kier alpha value is -2.62. The Morgan fingerprint density at radius 2 is 1.85 bits per heavy atom. The smallest absolute Gasteiger partial charge is 0.322 e. The molecule has 0 bridgehead atoms. The highest BCUT2D eigenvalue weighted by molar-refractivity contribution is 6.13. The zero-order valence-corrected chi connectivity index (χ0v) is 15.0. The van der Waals surface area contributed by atoms with E-state index in [1.165, 1.54) is 7.11 Å². The minimum Gasteiger partial charge on any atom is -0.468 e. The Morgan fingerprint density at radius 3 is 2.62 bits per heavy atom. The van der Waals surface area contributed by atoms with Gasteiger partial charge in [-0.3, -0.25) is 9.59 Å². The van der Waals surface area contributed by atoms with Gasteiger partial charge in [0.25, 0.3) is 0 Å². The first kappa shape index (κ1) is 16.8. The van der Waals surface area contributed by atoms with Crippen LogP contribution >= 0.6 is 0 Å². The number of hydrogen-bond donors (Lipinski definition) is 0. The first-order valence-corrected chi connectivity index (χ1v) is 9.21. The fraction of sp³-hybridized carbons (Fsp3) is 0.364. The standard InChI is InChI=1S/C22H23NO3/c1-26-21(25)22-14-8-7-12-18(22)17-11-5-6-13-19(17)23(20(22)24)15-16-9-3-2-4-10-16/h2-6,9-11,13,18H,7-8,12,14-15H2,1H3/t18-,22+/m0/s1. The van der Waals surface area contributed by atoms with Crippen molar-refractivity contribution in [3.63, 3.8) is 0 Å². The Kier molecular flexibility index (Phi) is 4.27. The lowest BCUT2D eigenvalue weighted by Gasteiger charge is -2.48. The van der Waals surface area contributed by atoms with Gasteiger partial charge in [-0.1, -0.05) is 61.4 Å². The van der Waals surface area contributed by atoms with Gasteiger partial charge in [0.15, 0.2) is 5.41 Å². The molecule has 1 amide bonds. The van der Waals surface area contributed by atoms with E-state index in [1.54, 1.807) is 4.90 Å². The molecule has 26 heavy (non-hydrogen) atoms. The molecule has 2 aromatic carbocycles. The zero-order chi connectivity index (χ0) is 18.1. The maximum atomic E-state index is 13.7. The molecular formula is C22H23NO3. The van der Waals surface area contributed by atoms with Crippen molar-refractivity contribution in [2.45, 2.75) is 38.1 Å². The van der Waals surface area contributed by atoms with E-state index in [9.17, 15) is 9.59 Å². The summed E-state index contributed by atoms with van der Waals surface area (Å²) in [6.07, 6.45) is 3.31. The van der Waals surface area contributed by atoms with Crippen molar-refractivity contribution < 1.29 is 14.3 Å². The van der Waals surface area contributed by atoms with Gasteiger partial charge in [-0.05, 0) is 30.0 Å². The second-order valence-corrected chi connectivity index (χ2v) is 7.20. The van der Waals surface area contributed by atoms with Crippen LogP contribution in [-0.4, -0.2) is 19.0 Å². The molecule has 0 spiro atoms. The minimum absolute atomic E-state index is 0.0978. The average molecular weight is 349 g/mol. The lowest BCUT2D eigenvalue weighted by atomic mass is 9.60. The van der Waals surface area contributed by atoms with E-state index in [4.69, 9.17) is 4.74 Å². The van der Waals surface area contributed by atoms with Crippen LogP contribution in [0.5, 0.6) is 0 Å². The summed E-state index contributed by atoms with van der Waals surface area (Å²) in [6.45, 7) is 0.460. The summed E-state index contributed by atoms with van der Waals surface area (Å²) in [5.41, 5.74) is 1.97. The summed E-state index contributed by atoms with van der Waals surface area (Å²) in [4.78, 5) is 28.3. The lowest BCUT2D eigenvalue weighted by Crippen LogP contribution is -2.56. The van der Waals surface area contributed by atoms with Crippen molar-refractivity contribution in [1.29, 1.82) is 0 Å². The quantitative estimate of drug-likeness (QED) is 0.620. The lowest BCUT2D eigenvalue weighted by molar-refractivity contribution is -0.162. The number of methoxy groups -OCH3 is 1. The van der Waals surface area contributed by atoms with Gasteiger partial charge in [-0.25, -0.2) is 0 Å². The Balaban J connectivity index is 1.86. The maximum absolute atomic E-state index is 13.7. The second kappa shape index (κ2) is 6.60. The molecule has 0 N–H and O–H groups in total. The molecule has 1 heterocycles. The van der Waals surface area contributed by atoms with Crippen LogP contribution in [0, 0.1) is 5.41 Å². The molecule has 4 nitrogen and oxygen atoms in total. The van der Waals surface area contributed by atoms with Crippen molar-refractivity contribution in [3.05, 3.63) is 65.7 Å². The van der Waals surface area contributed by atoms with E-state index >= 15 is 0 Å². The fourth-order valence-electron chi connectivity index (χ4n) is 4.66. The third-order valence-corrected chi connectivity index (χ3v) is 5.87. The number of esters is 1. The molecule has 134 valence electrons. The molecule has 1 aliphatic heterocycles. The molecule has 4 heteroatoms. The number of rotatable bonds is 3. The zero-order valence-electron chi connectivity index (χ0n) is 15.0. The number of nitrogens with zero attached hydrogens (tertiary/aromatic N) is 1. The van der Waals surface area contributed by atoms with Crippen LogP contribution in [0.25, 0.3) is 0 Å². The highest BCUT2D eigenvalue weighted by Gasteiger charge is 2.59. The van der Waals surface area contributed by atoms with E-state index < -0.39 is 5.41 Å². The van der Waals surface area contributed by atoms with E-state index in [0.29, 0.717) is 13.0 Å². The highest BCUT2D eigenvalue weighted by Crippen LogP contribution is 2.55. The van der Waals surface area contributed by atoms with E-state index in [0.717, 1.165) is 36.1 Å². The predicted octanol–water partition coefficient (Wildman–Crippen LogP) is 4.05. The number of amides is 1. The summed E-state index contributed by atoms with van der Waals surface area (Å²) in [5.74, 6) is -0.601. The van der Waals surface area contributed by atoms with Crippen molar-refractivity contribution >= 4 is 17.6 Å². The molecule has 1 saturated carbocycles. The summed E-state index contributed by atoms with van der Waals surface area (Å²) in [5, 5.41) is 0. The van der Waals surface area contributed by atoms with Crippen LogP contribution in [0.3, 0.4) is 0 Å². The van der Waals surface area contributed by atoms with Gasteiger partial charge in [0.2, 0.25) is 5.91 Å².